The Morgan fingerprint density at radius 3 is 2.47 bits per heavy atom. The van der Waals surface area contributed by atoms with Crippen LogP contribution in [0.1, 0.15) is 0 Å². The molecule has 5 heteroatoms. The molecule has 0 radical (unpaired) electrons. The monoisotopic (exact) mass is 200 g/mol. The van der Waals surface area contributed by atoms with Gasteiger partial charge in [-0.25, -0.2) is 0 Å². The summed E-state index contributed by atoms with van der Waals surface area (Å²) in [7, 11) is 0. The zero-order valence-corrected chi connectivity index (χ0v) is 7.62. The summed E-state index contributed by atoms with van der Waals surface area (Å²) in [4.78, 5) is 13.3. The van der Waals surface area contributed by atoms with Crippen molar-refractivity contribution >= 4 is 22.1 Å². The molecule has 2 rings (SSSR count). The van der Waals surface area contributed by atoms with Gasteiger partial charge >= 0.3 is 5.69 Å². The van der Waals surface area contributed by atoms with Crippen molar-refractivity contribution in [2.45, 2.75) is 0 Å². The van der Waals surface area contributed by atoms with Gasteiger partial charge in [-0.15, -0.1) is 0 Å². The fourth-order valence-corrected chi connectivity index (χ4v) is 1.52. The summed E-state index contributed by atoms with van der Waals surface area (Å²) in [5.41, 5.74) is 0.342. The average molecular weight is 200 g/mol. The quantitative estimate of drug-likeness (QED) is 0.403. The van der Waals surface area contributed by atoms with E-state index in [2.05, 4.69) is 4.98 Å². The third-order valence-corrected chi connectivity index (χ3v) is 2.18. The van der Waals surface area contributed by atoms with Crippen molar-refractivity contribution in [1.82, 2.24) is 0 Å². The Morgan fingerprint density at radius 2 is 1.80 bits per heavy atom. The summed E-state index contributed by atoms with van der Waals surface area (Å²) in [6.07, 6.45) is 0. The van der Waals surface area contributed by atoms with E-state index in [-0.39, 0.29) is 5.69 Å². The van der Waals surface area contributed by atoms with Crippen LogP contribution >= 0.6 is 0 Å². The van der Waals surface area contributed by atoms with Crippen LogP contribution in [0.3, 0.4) is 0 Å². The zero-order valence-electron chi connectivity index (χ0n) is 7.62. The van der Waals surface area contributed by atoms with Crippen LogP contribution in [0.4, 0.5) is 11.4 Å². The van der Waals surface area contributed by atoms with Crippen LogP contribution in [0.2, 0.25) is 0 Å². The van der Waals surface area contributed by atoms with E-state index in [1.807, 2.05) is 0 Å². The number of non-ortho nitro benzene ring substituents is 1. The standard InChI is InChI=1S/C10H6N3O2/c11-12-9-5-1-4-8-7(9)3-2-6-10(8)13(14)15/h1-6H/q+1. The van der Waals surface area contributed by atoms with Crippen LogP contribution < -0.4 is 0 Å². The van der Waals surface area contributed by atoms with Gasteiger partial charge in [-0.1, -0.05) is 12.1 Å². The number of fused-ring (bicyclic) bond motifs is 1. The largest absolute Gasteiger partial charge is 0.393 e. The van der Waals surface area contributed by atoms with Crippen molar-refractivity contribution in [2.24, 2.45) is 0 Å². The molecule has 0 heterocycles. The lowest BCUT2D eigenvalue weighted by Gasteiger charge is -1.95. The minimum absolute atomic E-state index is 0.0120. The van der Waals surface area contributed by atoms with Crippen molar-refractivity contribution in [1.29, 1.82) is 5.39 Å². The fourth-order valence-electron chi connectivity index (χ4n) is 1.52. The summed E-state index contributed by atoms with van der Waals surface area (Å²) in [6.45, 7) is 0. The first kappa shape index (κ1) is 9.09. The maximum atomic E-state index is 10.7. The summed E-state index contributed by atoms with van der Waals surface area (Å²) < 4.78 is 0. The van der Waals surface area contributed by atoms with Crippen molar-refractivity contribution < 1.29 is 4.92 Å². The Labute approximate surface area is 84.7 Å². The van der Waals surface area contributed by atoms with E-state index in [9.17, 15) is 10.1 Å². The Bertz CT molecular complexity index is 587. The minimum atomic E-state index is -0.455. The fraction of sp³-hybridized carbons (Fsp3) is 0. The van der Waals surface area contributed by atoms with E-state index in [0.29, 0.717) is 16.5 Å². The predicted molar refractivity (Wildman–Crippen MR) is 55.3 cm³/mol. The highest BCUT2D eigenvalue weighted by molar-refractivity contribution is 5.99. The minimum Gasteiger partial charge on any atom is -0.258 e. The lowest BCUT2D eigenvalue weighted by Crippen LogP contribution is -1.88. The Morgan fingerprint density at radius 1 is 1.13 bits per heavy atom. The molecule has 2 aromatic carbocycles. The van der Waals surface area contributed by atoms with E-state index in [0.717, 1.165) is 0 Å². The molecule has 0 aliphatic heterocycles. The summed E-state index contributed by atoms with van der Waals surface area (Å²) in [5, 5.41) is 20.5. The Hall–Kier alpha value is -2.48. The van der Waals surface area contributed by atoms with Gasteiger partial charge < -0.3 is 0 Å². The first-order chi connectivity index (χ1) is 7.24. The average Bonchev–Trinajstić information content (AvgIpc) is 2.27. The number of hydrogen-bond acceptors (Lipinski definition) is 3. The molecular weight excluding hydrogens is 194 g/mol. The SMILES string of the molecule is N#[N+]c1cccc2c([N+](=O)[O-])cccc12. The molecule has 0 unspecified atom stereocenters. The van der Waals surface area contributed by atoms with Crippen molar-refractivity contribution in [3.8, 4) is 0 Å². The van der Waals surface area contributed by atoms with Crippen LogP contribution in [0.25, 0.3) is 15.7 Å². The Balaban J connectivity index is 2.90. The molecule has 0 bridgehead atoms. The number of nitro benzene ring substituents is 1. The summed E-state index contributed by atoms with van der Waals surface area (Å²) in [5.74, 6) is 0. The number of nitro groups is 1. The van der Waals surface area contributed by atoms with Crippen molar-refractivity contribution in [2.75, 3.05) is 0 Å². The number of benzene rings is 2. The van der Waals surface area contributed by atoms with Gasteiger partial charge in [0.2, 0.25) is 5.39 Å². The van der Waals surface area contributed by atoms with E-state index < -0.39 is 4.92 Å². The molecule has 72 valence electrons. The maximum absolute atomic E-state index is 10.7. The molecule has 0 saturated carbocycles. The third kappa shape index (κ3) is 1.38. The van der Waals surface area contributed by atoms with Crippen LogP contribution in [0.15, 0.2) is 36.4 Å². The van der Waals surface area contributed by atoms with E-state index in [1.165, 1.54) is 6.07 Å². The van der Waals surface area contributed by atoms with Crippen molar-refractivity contribution in [3.05, 3.63) is 51.5 Å². The van der Waals surface area contributed by atoms with Gasteiger partial charge in [0.05, 0.1) is 15.7 Å². The van der Waals surface area contributed by atoms with Crippen molar-refractivity contribution in [3.63, 3.8) is 0 Å². The number of hydrogen-bond donors (Lipinski definition) is 0. The molecule has 15 heavy (non-hydrogen) atoms. The normalized spacial score (nSPS) is 9.80. The number of diazo groups is 1. The molecule has 0 aliphatic rings. The van der Waals surface area contributed by atoms with Crippen LogP contribution in [-0.4, -0.2) is 4.92 Å². The van der Waals surface area contributed by atoms with Gasteiger partial charge in [0, 0.05) is 12.1 Å². The maximum Gasteiger partial charge on any atom is 0.393 e. The number of nitrogens with zero attached hydrogens (tertiary/aromatic N) is 3. The molecule has 2 aromatic rings. The molecule has 0 aliphatic carbocycles. The lowest BCUT2D eigenvalue weighted by atomic mass is 10.1. The molecule has 0 saturated heterocycles. The van der Waals surface area contributed by atoms with Gasteiger partial charge in [-0.3, -0.25) is 10.1 Å². The summed E-state index contributed by atoms with van der Waals surface area (Å²) >= 11 is 0. The second-order valence-electron chi connectivity index (χ2n) is 3.01. The van der Waals surface area contributed by atoms with Gasteiger partial charge in [0.1, 0.15) is 0 Å². The number of rotatable bonds is 1. The summed E-state index contributed by atoms with van der Waals surface area (Å²) in [6, 6.07) is 9.49. The molecule has 0 aromatic heterocycles. The Kier molecular flexibility index (Phi) is 2.03. The van der Waals surface area contributed by atoms with Gasteiger partial charge in [0.15, 0.2) is 4.98 Å². The van der Waals surface area contributed by atoms with Gasteiger partial charge in [0.25, 0.3) is 5.69 Å². The highest BCUT2D eigenvalue weighted by atomic mass is 16.6. The first-order valence-corrected chi connectivity index (χ1v) is 4.25. The van der Waals surface area contributed by atoms with E-state index >= 15 is 0 Å². The molecule has 0 fully saturated rings. The molecule has 0 N–H and O–H groups in total. The molecule has 0 spiro atoms. The molecular formula is C10H6N3O2+. The lowest BCUT2D eigenvalue weighted by molar-refractivity contribution is -0.383. The van der Waals surface area contributed by atoms with E-state index in [4.69, 9.17) is 5.39 Å². The highest BCUT2D eigenvalue weighted by Gasteiger charge is 2.17. The second-order valence-corrected chi connectivity index (χ2v) is 3.01. The molecule has 5 nitrogen and oxygen atoms in total. The topological polar surface area (TPSA) is 71.3 Å². The smallest absolute Gasteiger partial charge is 0.258 e. The molecule has 0 amide bonds. The van der Waals surface area contributed by atoms with Crippen LogP contribution in [0.5, 0.6) is 0 Å². The first-order valence-electron chi connectivity index (χ1n) is 4.25. The highest BCUT2D eigenvalue weighted by Crippen LogP contribution is 2.31. The van der Waals surface area contributed by atoms with Crippen LogP contribution in [0, 0.1) is 15.5 Å². The molecule has 0 atom stereocenters. The second kappa shape index (κ2) is 3.35. The van der Waals surface area contributed by atoms with Gasteiger partial charge in [-0.2, -0.15) is 0 Å². The van der Waals surface area contributed by atoms with Gasteiger partial charge in [-0.05, 0) is 12.1 Å². The zero-order chi connectivity index (χ0) is 10.8. The van der Waals surface area contributed by atoms with Crippen LogP contribution in [-0.2, 0) is 0 Å². The predicted octanol–water partition coefficient (Wildman–Crippen LogP) is 3.23. The third-order valence-electron chi connectivity index (χ3n) is 2.18. The van der Waals surface area contributed by atoms with E-state index in [1.54, 1.807) is 30.3 Å².